The molecule has 2 atom stereocenters. The molecule has 0 radical (unpaired) electrons. The molecule has 0 saturated carbocycles. The quantitative estimate of drug-likeness (QED) is 0.815. The van der Waals surface area contributed by atoms with Crippen molar-refractivity contribution in [3.63, 3.8) is 0 Å². The van der Waals surface area contributed by atoms with Crippen LogP contribution in [0.5, 0.6) is 0 Å². The number of nitrogens with one attached hydrogen (secondary N) is 1. The third kappa shape index (κ3) is 4.72. The third-order valence-corrected chi connectivity index (χ3v) is 3.80. The number of carbonyl (C=O) groups is 3. The Morgan fingerprint density at radius 2 is 2.00 bits per heavy atom. The van der Waals surface area contributed by atoms with E-state index in [9.17, 15) is 23.2 Å². The van der Waals surface area contributed by atoms with Gasteiger partial charge in [-0.1, -0.05) is 6.07 Å². The number of nitrogens with zero attached hydrogens (tertiary/aromatic N) is 1. The minimum Gasteiger partial charge on any atom is -0.479 e. The lowest BCUT2D eigenvalue weighted by Crippen LogP contribution is -2.49. The molecule has 25 heavy (non-hydrogen) atoms. The molecule has 0 aromatic heterocycles. The van der Waals surface area contributed by atoms with Gasteiger partial charge in [-0.15, -0.1) is 0 Å². The van der Waals surface area contributed by atoms with Crippen molar-refractivity contribution in [2.75, 3.05) is 19.7 Å². The number of hydrogen-bond donors (Lipinski definition) is 2. The number of amides is 2. The van der Waals surface area contributed by atoms with Crippen LogP contribution in [0.4, 0.5) is 8.78 Å². The highest BCUT2D eigenvalue weighted by molar-refractivity contribution is 5.80. The van der Waals surface area contributed by atoms with Crippen molar-refractivity contribution in [3.8, 4) is 0 Å². The SMILES string of the molecule is CC(=O)N[C@@H](CC(=O)N1CCO[C@H](C(=O)O)C1)c1c(F)cccc1F. The molecular weight excluding hydrogens is 338 g/mol. The van der Waals surface area contributed by atoms with Crippen molar-refractivity contribution < 1.29 is 33.0 Å². The largest absolute Gasteiger partial charge is 0.479 e. The number of carboxylic acids is 1. The van der Waals surface area contributed by atoms with Gasteiger partial charge >= 0.3 is 5.97 Å². The Kier molecular flexibility index (Phi) is 6.02. The molecule has 1 aromatic carbocycles. The Labute approximate surface area is 142 Å². The summed E-state index contributed by atoms with van der Waals surface area (Å²) in [6.07, 6.45) is -1.55. The molecule has 2 N–H and O–H groups in total. The molecular formula is C16H18F2N2O5. The van der Waals surface area contributed by atoms with Crippen LogP contribution in [-0.4, -0.2) is 53.6 Å². The van der Waals surface area contributed by atoms with Crippen LogP contribution >= 0.6 is 0 Å². The van der Waals surface area contributed by atoms with Gasteiger partial charge in [-0.3, -0.25) is 9.59 Å². The summed E-state index contributed by atoms with van der Waals surface area (Å²) in [7, 11) is 0. The minimum absolute atomic E-state index is 0.0432. The first-order valence-corrected chi connectivity index (χ1v) is 7.62. The van der Waals surface area contributed by atoms with Gasteiger partial charge in [0.25, 0.3) is 0 Å². The Morgan fingerprint density at radius 1 is 1.36 bits per heavy atom. The minimum atomic E-state index is -1.20. The van der Waals surface area contributed by atoms with E-state index in [1.165, 1.54) is 17.9 Å². The zero-order chi connectivity index (χ0) is 18.6. The Balaban J connectivity index is 2.18. The first-order valence-electron chi connectivity index (χ1n) is 7.62. The van der Waals surface area contributed by atoms with E-state index in [-0.39, 0.29) is 19.7 Å². The van der Waals surface area contributed by atoms with Crippen molar-refractivity contribution in [2.45, 2.75) is 25.5 Å². The van der Waals surface area contributed by atoms with Crippen molar-refractivity contribution in [1.82, 2.24) is 10.2 Å². The van der Waals surface area contributed by atoms with E-state index in [4.69, 9.17) is 9.84 Å². The summed E-state index contributed by atoms with van der Waals surface area (Å²) >= 11 is 0. The smallest absolute Gasteiger partial charge is 0.334 e. The van der Waals surface area contributed by atoms with Crippen LogP contribution in [0.25, 0.3) is 0 Å². The van der Waals surface area contributed by atoms with E-state index in [2.05, 4.69) is 5.32 Å². The lowest BCUT2D eigenvalue weighted by molar-refractivity contribution is -0.159. The molecule has 2 rings (SSSR count). The number of aliphatic carboxylic acids is 1. The number of carbonyl (C=O) groups excluding carboxylic acids is 2. The molecule has 1 aliphatic heterocycles. The van der Waals surface area contributed by atoms with E-state index >= 15 is 0 Å². The Hall–Kier alpha value is -2.55. The number of carboxylic acid groups (broad SMARTS) is 1. The van der Waals surface area contributed by atoms with E-state index < -0.39 is 53.5 Å². The van der Waals surface area contributed by atoms with Gasteiger partial charge in [0.2, 0.25) is 11.8 Å². The molecule has 0 spiro atoms. The summed E-state index contributed by atoms with van der Waals surface area (Å²) in [5, 5.41) is 11.3. The van der Waals surface area contributed by atoms with Crippen LogP contribution in [0.3, 0.4) is 0 Å². The van der Waals surface area contributed by atoms with Gasteiger partial charge in [0.1, 0.15) is 11.6 Å². The molecule has 0 bridgehead atoms. The second kappa shape index (κ2) is 8.02. The number of hydrogen-bond acceptors (Lipinski definition) is 4. The second-order valence-corrected chi connectivity index (χ2v) is 5.63. The topological polar surface area (TPSA) is 95.9 Å². The van der Waals surface area contributed by atoms with Crippen LogP contribution in [0.15, 0.2) is 18.2 Å². The molecule has 1 heterocycles. The summed E-state index contributed by atoms with van der Waals surface area (Å²) in [5.74, 6) is -4.04. The van der Waals surface area contributed by atoms with Gasteiger partial charge < -0.3 is 20.1 Å². The Bertz CT molecular complexity index is 662. The van der Waals surface area contributed by atoms with E-state index in [1.807, 2.05) is 0 Å². The van der Waals surface area contributed by atoms with E-state index in [1.54, 1.807) is 0 Å². The summed E-state index contributed by atoms with van der Waals surface area (Å²) in [4.78, 5) is 36.0. The molecule has 7 nitrogen and oxygen atoms in total. The number of ether oxygens (including phenoxy) is 1. The first kappa shape index (κ1) is 18.8. The van der Waals surface area contributed by atoms with Gasteiger partial charge in [0.15, 0.2) is 6.10 Å². The fourth-order valence-electron chi connectivity index (χ4n) is 2.64. The molecule has 2 amide bonds. The molecule has 1 saturated heterocycles. The maximum absolute atomic E-state index is 14.0. The van der Waals surface area contributed by atoms with Gasteiger partial charge in [-0.25, -0.2) is 13.6 Å². The van der Waals surface area contributed by atoms with Crippen LogP contribution < -0.4 is 5.32 Å². The van der Waals surface area contributed by atoms with Gasteiger partial charge in [-0.05, 0) is 12.1 Å². The lowest BCUT2D eigenvalue weighted by atomic mass is 10.0. The molecule has 0 unspecified atom stereocenters. The van der Waals surface area contributed by atoms with Crippen molar-refractivity contribution in [2.24, 2.45) is 0 Å². The molecule has 1 fully saturated rings. The van der Waals surface area contributed by atoms with Gasteiger partial charge in [0, 0.05) is 19.0 Å². The van der Waals surface area contributed by atoms with Crippen LogP contribution in [0, 0.1) is 11.6 Å². The molecule has 136 valence electrons. The highest BCUT2D eigenvalue weighted by Gasteiger charge is 2.31. The first-order chi connectivity index (χ1) is 11.8. The van der Waals surface area contributed by atoms with Crippen molar-refractivity contribution in [3.05, 3.63) is 35.4 Å². The molecule has 9 heteroatoms. The fraction of sp³-hybridized carbons (Fsp3) is 0.438. The Morgan fingerprint density at radius 3 is 2.56 bits per heavy atom. The number of halogens is 2. The summed E-state index contributed by atoms with van der Waals surface area (Å²) in [6.45, 7) is 1.21. The van der Waals surface area contributed by atoms with Gasteiger partial charge in [0.05, 0.1) is 25.6 Å². The normalized spacial score (nSPS) is 18.5. The average molecular weight is 356 g/mol. The zero-order valence-electron chi connectivity index (χ0n) is 13.5. The third-order valence-electron chi connectivity index (χ3n) is 3.80. The summed E-state index contributed by atoms with van der Waals surface area (Å²) in [6, 6.07) is 2.05. The standard InChI is InChI=1S/C16H18F2N2O5/c1-9(21)19-12(15-10(17)3-2-4-11(15)18)7-14(22)20-5-6-25-13(8-20)16(23)24/h2-4,12-13H,5-8H2,1H3,(H,19,21)(H,23,24)/t12-,13-/m0/s1. The lowest BCUT2D eigenvalue weighted by Gasteiger charge is -2.32. The molecule has 1 aromatic rings. The average Bonchev–Trinajstić information content (AvgIpc) is 2.54. The predicted octanol–water partition coefficient (Wildman–Crippen LogP) is 0.844. The van der Waals surface area contributed by atoms with Gasteiger partial charge in [-0.2, -0.15) is 0 Å². The zero-order valence-corrected chi connectivity index (χ0v) is 13.5. The fourth-order valence-corrected chi connectivity index (χ4v) is 2.64. The summed E-state index contributed by atoms with van der Waals surface area (Å²) < 4.78 is 33.0. The van der Waals surface area contributed by atoms with Crippen LogP contribution in [-0.2, 0) is 19.1 Å². The molecule has 1 aliphatic rings. The molecule has 0 aliphatic carbocycles. The van der Waals surface area contributed by atoms with Crippen molar-refractivity contribution in [1.29, 1.82) is 0 Å². The number of rotatable bonds is 5. The highest BCUT2D eigenvalue weighted by atomic mass is 19.1. The maximum atomic E-state index is 14.0. The van der Waals surface area contributed by atoms with Crippen LogP contribution in [0.1, 0.15) is 24.9 Å². The van der Waals surface area contributed by atoms with Crippen LogP contribution in [0.2, 0.25) is 0 Å². The highest BCUT2D eigenvalue weighted by Crippen LogP contribution is 2.24. The number of benzene rings is 1. The monoisotopic (exact) mass is 356 g/mol. The predicted molar refractivity (Wildman–Crippen MR) is 81.5 cm³/mol. The number of morpholine rings is 1. The second-order valence-electron chi connectivity index (χ2n) is 5.63. The van der Waals surface area contributed by atoms with E-state index in [0.717, 1.165) is 12.1 Å². The summed E-state index contributed by atoms with van der Waals surface area (Å²) in [5.41, 5.74) is -0.408. The van der Waals surface area contributed by atoms with E-state index in [0.29, 0.717) is 0 Å². The maximum Gasteiger partial charge on any atom is 0.334 e. The van der Waals surface area contributed by atoms with Crippen molar-refractivity contribution >= 4 is 17.8 Å².